The maximum absolute atomic E-state index is 11.2. The highest BCUT2D eigenvalue weighted by Gasteiger charge is 2.12. The topological polar surface area (TPSA) is 49.4 Å². The predicted molar refractivity (Wildman–Crippen MR) is 65.0 cm³/mol. The van der Waals surface area contributed by atoms with E-state index in [4.69, 9.17) is 11.6 Å². The Morgan fingerprint density at radius 1 is 1.17 bits per heavy atom. The summed E-state index contributed by atoms with van der Waals surface area (Å²) in [5.74, 6) is 0. The summed E-state index contributed by atoms with van der Waals surface area (Å²) in [6.45, 7) is 0. The zero-order valence-corrected chi connectivity index (χ0v) is 14.0. The Morgan fingerprint density at radius 2 is 1.61 bits per heavy atom. The summed E-state index contributed by atoms with van der Waals surface area (Å²) >= 11 is 4.90. The first-order chi connectivity index (χ1) is 7.75. The normalized spacial score (nSPS) is 8.56. The van der Waals surface area contributed by atoms with Crippen LogP contribution in [-0.4, -0.2) is 54.0 Å². The molecule has 1 aromatic rings. The second kappa shape index (κ2) is 9.15. The molecular weight excluding hydrogens is 370 g/mol. The molecule has 0 aliphatic carbocycles. The minimum absolute atomic E-state index is 0. The van der Waals surface area contributed by atoms with Gasteiger partial charge in [0.1, 0.15) is 12.4 Å². The Balaban J connectivity index is 0. The highest BCUT2D eigenvalue weighted by atomic mass is 127. The van der Waals surface area contributed by atoms with Gasteiger partial charge < -0.3 is 33.8 Å². The molecule has 0 saturated carbocycles. The van der Waals surface area contributed by atoms with Gasteiger partial charge in [0.2, 0.25) is 0 Å². The average molecular weight is 389 g/mol. The molecule has 1 heterocycles. The Kier molecular flexibility index (Phi) is 9.91. The third-order valence-corrected chi connectivity index (χ3v) is 2.06. The van der Waals surface area contributed by atoms with Crippen molar-refractivity contribution in [3.05, 3.63) is 18.7 Å². The van der Waals surface area contributed by atoms with E-state index in [2.05, 4.69) is 0 Å². The standard InChI is InChI=1S/C7H12N3O.C3H6ClNO.HI/c1-8(2)7(11)10-5-4-9(3)6-10;1-5(2)3(4)6;/h4-6H,1-3H3;1-2H3;1H/q+1;;/p-1. The highest BCUT2D eigenvalue weighted by molar-refractivity contribution is 6.62. The van der Waals surface area contributed by atoms with Gasteiger partial charge in [0, 0.05) is 28.2 Å². The number of aryl methyl sites for hydroxylation is 1. The van der Waals surface area contributed by atoms with Gasteiger partial charge in [0.05, 0.1) is 7.05 Å². The van der Waals surface area contributed by atoms with Crippen molar-refractivity contribution in [3.8, 4) is 0 Å². The van der Waals surface area contributed by atoms with Crippen LogP contribution in [0, 0.1) is 0 Å². The molecule has 0 spiro atoms. The van der Waals surface area contributed by atoms with E-state index < -0.39 is 5.37 Å². The van der Waals surface area contributed by atoms with Crippen molar-refractivity contribution in [2.75, 3.05) is 28.2 Å². The fourth-order valence-electron chi connectivity index (χ4n) is 0.794. The Hall–Kier alpha value is -0.830. The summed E-state index contributed by atoms with van der Waals surface area (Å²) in [5, 5.41) is -0.435. The molecule has 104 valence electrons. The van der Waals surface area contributed by atoms with Crippen molar-refractivity contribution >= 4 is 23.0 Å². The van der Waals surface area contributed by atoms with Gasteiger partial charge in [-0.1, -0.05) is 0 Å². The summed E-state index contributed by atoms with van der Waals surface area (Å²) in [5.41, 5.74) is 0. The number of nitrogens with zero attached hydrogens (tertiary/aromatic N) is 4. The molecule has 18 heavy (non-hydrogen) atoms. The number of hydrogen-bond donors (Lipinski definition) is 0. The van der Waals surface area contributed by atoms with Crippen molar-refractivity contribution < 1.29 is 38.1 Å². The van der Waals surface area contributed by atoms with Crippen LogP contribution in [0.15, 0.2) is 18.7 Å². The van der Waals surface area contributed by atoms with E-state index in [1.165, 1.54) is 14.4 Å². The van der Waals surface area contributed by atoms with Gasteiger partial charge >= 0.3 is 11.4 Å². The van der Waals surface area contributed by atoms with Crippen LogP contribution < -0.4 is 28.5 Å². The first-order valence-corrected chi connectivity index (χ1v) is 5.25. The zero-order valence-electron chi connectivity index (χ0n) is 11.1. The molecule has 8 heteroatoms. The van der Waals surface area contributed by atoms with E-state index in [-0.39, 0.29) is 30.0 Å². The fourth-order valence-corrected chi connectivity index (χ4v) is 0.794. The molecule has 0 aliphatic rings. The monoisotopic (exact) mass is 388 g/mol. The molecule has 6 nitrogen and oxygen atoms in total. The molecule has 0 radical (unpaired) electrons. The lowest BCUT2D eigenvalue weighted by molar-refractivity contribution is -0.670. The first-order valence-electron chi connectivity index (χ1n) is 4.87. The molecule has 0 atom stereocenters. The third-order valence-electron chi connectivity index (χ3n) is 1.72. The molecule has 0 N–H and O–H groups in total. The van der Waals surface area contributed by atoms with Crippen LogP contribution in [0.5, 0.6) is 0 Å². The summed E-state index contributed by atoms with van der Waals surface area (Å²) < 4.78 is 3.35. The molecule has 0 aliphatic heterocycles. The summed E-state index contributed by atoms with van der Waals surface area (Å²) in [6, 6.07) is -0.0365. The molecule has 1 rings (SSSR count). The Labute approximate surface area is 129 Å². The Morgan fingerprint density at radius 3 is 1.83 bits per heavy atom. The van der Waals surface area contributed by atoms with Crippen molar-refractivity contribution in [1.29, 1.82) is 0 Å². The summed E-state index contributed by atoms with van der Waals surface area (Å²) in [4.78, 5) is 23.9. The van der Waals surface area contributed by atoms with E-state index in [1.807, 2.05) is 17.8 Å². The number of amides is 2. The smallest absolute Gasteiger partial charge is 0.415 e. The van der Waals surface area contributed by atoms with Crippen molar-refractivity contribution in [2.24, 2.45) is 7.05 Å². The molecular formula is C10H18ClIN4O2. The number of carbonyl (C=O) groups excluding carboxylic acids is 2. The van der Waals surface area contributed by atoms with E-state index in [9.17, 15) is 9.59 Å². The van der Waals surface area contributed by atoms with Crippen LogP contribution in [0.25, 0.3) is 0 Å². The quantitative estimate of drug-likeness (QED) is 0.218. The SMILES string of the molecule is CN(C)C(=O)Cl.CN(C)C(=O)n1cc[n+](C)c1.[I-]. The van der Waals surface area contributed by atoms with Crippen molar-refractivity contribution in [3.63, 3.8) is 0 Å². The fraction of sp³-hybridized carbons (Fsp3) is 0.500. The van der Waals surface area contributed by atoms with Crippen molar-refractivity contribution in [2.45, 2.75) is 0 Å². The van der Waals surface area contributed by atoms with E-state index in [1.54, 1.807) is 40.7 Å². The van der Waals surface area contributed by atoms with Crippen LogP contribution in [-0.2, 0) is 7.05 Å². The van der Waals surface area contributed by atoms with E-state index in [0.29, 0.717) is 0 Å². The third kappa shape index (κ3) is 7.49. The molecule has 0 aromatic carbocycles. The van der Waals surface area contributed by atoms with Gasteiger partial charge in [0.25, 0.3) is 6.33 Å². The van der Waals surface area contributed by atoms with Gasteiger partial charge in [-0.25, -0.2) is 9.36 Å². The van der Waals surface area contributed by atoms with Crippen LogP contribution >= 0.6 is 11.6 Å². The maximum Gasteiger partial charge on any atom is 0.415 e. The minimum atomic E-state index is -0.435. The lowest BCUT2D eigenvalue weighted by Gasteiger charge is -2.03. The molecule has 1 aromatic heterocycles. The second-order valence-electron chi connectivity index (χ2n) is 3.81. The minimum Gasteiger partial charge on any atom is -1.00 e. The zero-order chi connectivity index (χ0) is 13.6. The average Bonchev–Trinajstić information content (AvgIpc) is 2.64. The van der Waals surface area contributed by atoms with Crippen LogP contribution in [0.4, 0.5) is 9.59 Å². The molecule has 2 amide bonds. The number of aromatic nitrogens is 2. The largest absolute Gasteiger partial charge is 1.00 e. The number of carbonyl (C=O) groups is 2. The van der Waals surface area contributed by atoms with Crippen LogP contribution in [0.3, 0.4) is 0 Å². The van der Waals surface area contributed by atoms with Gasteiger partial charge in [-0.2, -0.15) is 4.57 Å². The summed E-state index contributed by atoms with van der Waals surface area (Å²) in [7, 11) is 8.51. The number of hydrogen-bond acceptors (Lipinski definition) is 2. The lowest BCUT2D eigenvalue weighted by atomic mass is 10.8. The van der Waals surface area contributed by atoms with Gasteiger partial charge in [-0.3, -0.25) is 4.79 Å². The maximum atomic E-state index is 11.2. The van der Waals surface area contributed by atoms with E-state index >= 15 is 0 Å². The first kappa shape index (κ1) is 19.5. The second-order valence-corrected chi connectivity index (χ2v) is 4.13. The van der Waals surface area contributed by atoms with Gasteiger partial charge in [0.15, 0.2) is 0 Å². The van der Waals surface area contributed by atoms with Crippen molar-refractivity contribution in [1.82, 2.24) is 14.4 Å². The number of imidazole rings is 1. The summed E-state index contributed by atoms with van der Waals surface area (Å²) in [6.07, 6.45) is 5.27. The number of halogens is 2. The molecule has 0 fully saturated rings. The molecule has 0 saturated heterocycles. The van der Waals surface area contributed by atoms with Crippen LogP contribution in [0.2, 0.25) is 0 Å². The van der Waals surface area contributed by atoms with Gasteiger partial charge in [-0.05, 0) is 11.6 Å². The van der Waals surface area contributed by atoms with E-state index in [0.717, 1.165) is 0 Å². The number of rotatable bonds is 0. The van der Waals surface area contributed by atoms with Gasteiger partial charge in [-0.15, -0.1) is 0 Å². The lowest BCUT2D eigenvalue weighted by Crippen LogP contribution is -3.00. The molecule has 0 unspecified atom stereocenters. The predicted octanol–water partition coefficient (Wildman–Crippen LogP) is -2.25. The Bertz CT molecular complexity index is 393. The highest BCUT2D eigenvalue weighted by Crippen LogP contribution is 1.87. The molecule has 0 bridgehead atoms. The van der Waals surface area contributed by atoms with Crippen LogP contribution in [0.1, 0.15) is 0 Å².